The normalized spacial score (nSPS) is 11.8. The number of hydrogen-bond donors (Lipinski definition) is 2. The van der Waals surface area contributed by atoms with Gasteiger partial charge in [0.15, 0.2) is 0 Å². The molecule has 1 aromatic carbocycles. The molecule has 0 saturated carbocycles. The first kappa shape index (κ1) is 14.3. The standard InChI is InChI=1S/C13H18N2O2S2/c1-2-14-7-3-9-19(16,17)15-12-4-5-13-11(10-12)6-8-18-13/h4-6,8,10,14-15H,2-3,7,9H2,1H3. The largest absolute Gasteiger partial charge is 0.317 e. The Hall–Kier alpha value is -1.11. The molecule has 0 atom stereocenters. The number of benzene rings is 1. The lowest BCUT2D eigenvalue weighted by atomic mass is 10.2. The predicted molar refractivity (Wildman–Crippen MR) is 82.4 cm³/mol. The highest BCUT2D eigenvalue weighted by atomic mass is 32.2. The molecular weight excluding hydrogens is 280 g/mol. The Morgan fingerprint density at radius 3 is 2.89 bits per heavy atom. The van der Waals surface area contributed by atoms with Crippen LogP contribution in [-0.2, 0) is 10.0 Å². The molecule has 2 rings (SSSR count). The van der Waals surface area contributed by atoms with E-state index in [-0.39, 0.29) is 5.75 Å². The first-order chi connectivity index (χ1) is 9.11. The van der Waals surface area contributed by atoms with Gasteiger partial charge in [0.1, 0.15) is 0 Å². The minimum atomic E-state index is -3.25. The molecule has 0 radical (unpaired) electrons. The van der Waals surface area contributed by atoms with E-state index in [0.29, 0.717) is 12.1 Å². The first-order valence-electron chi connectivity index (χ1n) is 6.29. The second-order valence-electron chi connectivity index (χ2n) is 4.30. The minimum absolute atomic E-state index is 0.141. The molecule has 0 aliphatic rings. The van der Waals surface area contributed by atoms with Crippen molar-refractivity contribution in [3.05, 3.63) is 29.6 Å². The van der Waals surface area contributed by atoms with E-state index in [0.717, 1.165) is 23.2 Å². The highest BCUT2D eigenvalue weighted by molar-refractivity contribution is 7.92. The number of sulfonamides is 1. The van der Waals surface area contributed by atoms with Crippen LogP contribution in [-0.4, -0.2) is 27.3 Å². The third kappa shape index (κ3) is 4.19. The van der Waals surface area contributed by atoms with Gasteiger partial charge >= 0.3 is 0 Å². The van der Waals surface area contributed by atoms with Crippen LogP contribution in [0.5, 0.6) is 0 Å². The van der Waals surface area contributed by atoms with Gasteiger partial charge in [-0.25, -0.2) is 8.42 Å². The Labute approximate surface area is 117 Å². The number of anilines is 1. The van der Waals surface area contributed by atoms with E-state index >= 15 is 0 Å². The van der Waals surface area contributed by atoms with Gasteiger partial charge in [-0.3, -0.25) is 4.72 Å². The summed E-state index contributed by atoms with van der Waals surface area (Å²) >= 11 is 1.65. The van der Waals surface area contributed by atoms with Gasteiger partial charge in [0, 0.05) is 10.4 Å². The van der Waals surface area contributed by atoms with E-state index in [1.54, 1.807) is 17.4 Å². The van der Waals surface area contributed by atoms with Crippen LogP contribution in [0.3, 0.4) is 0 Å². The summed E-state index contributed by atoms with van der Waals surface area (Å²) in [6.07, 6.45) is 0.615. The number of fused-ring (bicyclic) bond motifs is 1. The van der Waals surface area contributed by atoms with Crippen LogP contribution in [0.1, 0.15) is 13.3 Å². The Kier molecular flexibility index (Phi) is 4.79. The second kappa shape index (κ2) is 6.36. The zero-order valence-electron chi connectivity index (χ0n) is 10.8. The Balaban J connectivity index is 1.98. The van der Waals surface area contributed by atoms with Crippen LogP contribution in [0, 0.1) is 0 Å². The summed E-state index contributed by atoms with van der Waals surface area (Å²) in [4.78, 5) is 0. The van der Waals surface area contributed by atoms with Crippen LogP contribution in [0.2, 0.25) is 0 Å². The molecule has 0 aliphatic heterocycles. The molecule has 2 N–H and O–H groups in total. The Morgan fingerprint density at radius 2 is 2.11 bits per heavy atom. The zero-order valence-corrected chi connectivity index (χ0v) is 12.5. The maximum atomic E-state index is 11.9. The molecule has 0 unspecified atom stereocenters. The van der Waals surface area contributed by atoms with Crippen molar-refractivity contribution in [3.63, 3.8) is 0 Å². The van der Waals surface area contributed by atoms with Crippen LogP contribution in [0.25, 0.3) is 10.1 Å². The van der Waals surface area contributed by atoms with E-state index in [4.69, 9.17) is 0 Å². The third-order valence-corrected chi connectivity index (χ3v) is 5.01. The molecule has 104 valence electrons. The monoisotopic (exact) mass is 298 g/mol. The predicted octanol–water partition coefficient (Wildman–Crippen LogP) is 2.64. The summed E-state index contributed by atoms with van der Waals surface area (Å²) in [5.74, 6) is 0.141. The highest BCUT2D eigenvalue weighted by Gasteiger charge is 2.10. The molecule has 0 bridgehead atoms. The van der Waals surface area contributed by atoms with E-state index in [2.05, 4.69) is 10.0 Å². The molecule has 4 nitrogen and oxygen atoms in total. The average molecular weight is 298 g/mol. The molecular formula is C13H18N2O2S2. The smallest absolute Gasteiger partial charge is 0.232 e. The summed E-state index contributed by atoms with van der Waals surface area (Å²) in [6.45, 7) is 3.59. The lowest BCUT2D eigenvalue weighted by molar-refractivity contribution is 0.595. The fraction of sp³-hybridized carbons (Fsp3) is 0.385. The summed E-state index contributed by atoms with van der Waals surface area (Å²) < 4.78 is 27.6. The molecule has 6 heteroatoms. The Bertz CT molecular complexity index is 635. The topological polar surface area (TPSA) is 58.2 Å². The van der Waals surface area contributed by atoms with Crippen molar-refractivity contribution in [2.75, 3.05) is 23.6 Å². The van der Waals surface area contributed by atoms with Gasteiger partial charge in [0.25, 0.3) is 0 Å². The molecule has 0 saturated heterocycles. The van der Waals surface area contributed by atoms with Crippen molar-refractivity contribution in [3.8, 4) is 0 Å². The summed E-state index contributed by atoms with van der Waals surface area (Å²) in [6, 6.07) is 7.60. The number of rotatable bonds is 7. The van der Waals surface area contributed by atoms with Crippen molar-refractivity contribution in [1.82, 2.24) is 5.32 Å². The van der Waals surface area contributed by atoms with E-state index in [1.807, 2.05) is 30.5 Å². The van der Waals surface area contributed by atoms with Crippen molar-refractivity contribution in [2.24, 2.45) is 0 Å². The average Bonchev–Trinajstić information content (AvgIpc) is 2.81. The van der Waals surface area contributed by atoms with Gasteiger partial charge in [-0.15, -0.1) is 11.3 Å². The van der Waals surface area contributed by atoms with Gasteiger partial charge in [-0.05, 0) is 54.5 Å². The van der Waals surface area contributed by atoms with Crippen molar-refractivity contribution < 1.29 is 8.42 Å². The van der Waals surface area contributed by atoms with E-state index < -0.39 is 10.0 Å². The van der Waals surface area contributed by atoms with Gasteiger partial charge in [0.2, 0.25) is 10.0 Å². The first-order valence-corrected chi connectivity index (χ1v) is 8.82. The summed E-state index contributed by atoms with van der Waals surface area (Å²) in [5.41, 5.74) is 0.634. The maximum Gasteiger partial charge on any atom is 0.232 e. The van der Waals surface area contributed by atoms with Crippen molar-refractivity contribution in [1.29, 1.82) is 0 Å². The van der Waals surface area contributed by atoms with Gasteiger partial charge in [-0.1, -0.05) is 6.92 Å². The minimum Gasteiger partial charge on any atom is -0.317 e. The fourth-order valence-electron chi connectivity index (χ4n) is 1.82. The SMILES string of the molecule is CCNCCCS(=O)(=O)Nc1ccc2sccc2c1. The van der Waals surface area contributed by atoms with Crippen LogP contribution < -0.4 is 10.0 Å². The summed E-state index contributed by atoms with van der Waals surface area (Å²) in [5, 5.41) is 6.18. The quantitative estimate of drug-likeness (QED) is 0.773. The molecule has 0 fully saturated rings. The van der Waals surface area contributed by atoms with Crippen molar-refractivity contribution in [2.45, 2.75) is 13.3 Å². The molecule has 0 aliphatic carbocycles. The van der Waals surface area contributed by atoms with E-state index in [1.165, 1.54) is 0 Å². The fourth-order valence-corrected chi connectivity index (χ4v) is 3.71. The summed E-state index contributed by atoms with van der Waals surface area (Å²) in [7, 11) is -3.25. The number of hydrogen-bond acceptors (Lipinski definition) is 4. The third-order valence-electron chi connectivity index (χ3n) is 2.74. The number of thiophene rings is 1. The molecule has 0 spiro atoms. The van der Waals surface area contributed by atoms with Crippen LogP contribution in [0.4, 0.5) is 5.69 Å². The van der Waals surface area contributed by atoms with Crippen molar-refractivity contribution >= 4 is 37.1 Å². The van der Waals surface area contributed by atoms with E-state index in [9.17, 15) is 8.42 Å². The van der Waals surface area contributed by atoms with Crippen LogP contribution in [0.15, 0.2) is 29.6 Å². The highest BCUT2D eigenvalue weighted by Crippen LogP contribution is 2.24. The maximum absolute atomic E-state index is 11.9. The molecule has 2 aromatic rings. The van der Waals surface area contributed by atoms with Crippen LogP contribution >= 0.6 is 11.3 Å². The lowest BCUT2D eigenvalue weighted by Crippen LogP contribution is -2.21. The second-order valence-corrected chi connectivity index (χ2v) is 7.09. The van der Waals surface area contributed by atoms with Gasteiger partial charge in [0.05, 0.1) is 5.75 Å². The lowest BCUT2D eigenvalue weighted by Gasteiger charge is -2.08. The van der Waals surface area contributed by atoms with Gasteiger partial charge < -0.3 is 5.32 Å². The Morgan fingerprint density at radius 1 is 1.26 bits per heavy atom. The number of nitrogens with one attached hydrogen (secondary N) is 2. The molecule has 1 aromatic heterocycles. The molecule has 0 amide bonds. The van der Waals surface area contributed by atoms with Gasteiger partial charge in [-0.2, -0.15) is 0 Å². The molecule has 19 heavy (non-hydrogen) atoms. The zero-order chi connectivity index (χ0) is 13.7. The molecule has 1 heterocycles.